The highest BCUT2D eigenvalue weighted by molar-refractivity contribution is 5.99. The van der Waals surface area contributed by atoms with Gasteiger partial charge in [0.25, 0.3) is 0 Å². The van der Waals surface area contributed by atoms with Crippen LogP contribution < -0.4 is 9.47 Å². The minimum atomic E-state index is -0.567. The van der Waals surface area contributed by atoms with Gasteiger partial charge in [-0.15, -0.1) is 0 Å². The standard InChI is InChI=1S/C21H22O5/c1-21(2,3)16-6-4-5-14(11-16)17(22)13-26-20(23)15-7-8-18-19(12-15)25-10-9-24-18/h4-8,11-12H,9-10,13H2,1-3H3. The molecule has 0 radical (unpaired) electrons. The summed E-state index contributed by atoms with van der Waals surface area (Å²) in [7, 11) is 0. The molecule has 0 amide bonds. The van der Waals surface area contributed by atoms with Crippen LogP contribution in [0.25, 0.3) is 0 Å². The molecule has 0 saturated carbocycles. The number of Topliss-reactive ketones (excluding diaryl/α,β-unsaturated/α-hetero) is 1. The lowest BCUT2D eigenvalue weighted by Crippen LogP contribution is -2.18. The molecule has 0 bridgehead atoms. The molecule has 0 aromatic heterocycles. The fourth-order valence-corrected chi connectivity index (χ4v) is 2.63. The molecule has 0 saturated heterocycles. The van der Waals surface area contributed by atoms with Gasteiger partial charge in [-0.1, -0.05) is 39.0 Å². The van der Waals surface area contributed by atoms with Gasteiger partial charge in [-0.3, -0.25) is 4.79 Å². The number of ether oxygens (including phenoxy) is 3. The Hall–Kier alpha value is -2.82. The van der Waals surface area contributed by atoms with E-state index in [9.17, 15) is 9.59 Å². The third-order valence-corrected chi connectivity index (χ3v) is 4.16. The van der Waals surface area contributed by atoms with Crippen LogP contribution in [0.1, 0.15) is 47.1 Å². The van der Waals surface area contributed by atoms with Gasteiger partial charge in [0.05, 0.1) is 5.56 Å². The van der Waals surface area contributed by atoms with Crippen molar-refractivity contribution >= 4 is 11.8 Å². The predicted octanol–water partition coefficient (Wildman–Crippen LogP) is 3.80. The molecule has 0 spiro atoms. The largest absolute Gasteiger partial charge is 0.486 e. The molecule has 5 heteroatoms. The molecule has 26 heavy (non-hydrogen) atoms. The summed E-state index contributed by atoms with van der Waals surface area (Å²) in [5.74, 6) is 0.307. The van der Waals surface area contributed by atoms with Gasteiger partial charge in [-0.25, -0.2) is 4.79 Å². The quantitative estimate of drug-likeness (QED) is 0.617. The number of esters is 1. The Morgan fingerprint density at radius 3 is 2.42 bits per heavy atom. The van der Waals surface area contributed by atoms with Crippen molar-refractivity contribution in [3.63, 3.8) is 0 Å². The Morgan fingerprint density at radius 2 is 1.69 bits per heavy atom. The average molecular weight is 354 g/mol. The lowest BCUT2D eigenvalue weighted by molar-refractivity contribution is 0.0474. The van der Waals surface area contributed by atoms with Crippen LogP contribution in [-0.4, -0.2) is 31.6 Å². The third-order valence-electron chi connectivity index (χ3n) is 4.16. The van der Waals surface area contributed by atoms with Crippen LogP contribution in [0.4, 0.5) is 0 Å². The van der Waals surface area contributed by atoms with Gasteiger partial charge in [0.2, 0.25) is 0 Å². The first-order valence-electron chi connectivity index (χ1n) is 8.55. The number of carbonyl (C=O) groups excluding carboxylic acids is 2. The third kappa shape index (κ3) is 4.04. The van der Waals surface area contributed by atoms with Gasteiger partial charge in [-0.05, 0) is 35.2 Å². The fourth-order valence-electron chi connectivity index (χ4n) is 2.63. The molecule has 2 aromatic rings. The molecule has 0 aliphatic carbocycles. The van der Waals surface area contributed by atoms with E-state index in [1.54, 1.807) is 24.3 Å². The second-order valence-corrected chi connectivity index (χ2v) is 7.19. The monoisotopic (exact) mass is 354 g/mol. The number of hydrogen-bond donors (Lipinski definition) is 0. The van der Waals surface area contributed by atoms with E-state index in [-0.39, 0.29) is 17.8 Å². The summed E-state index contributed by atoms with van der Waals surface area (Å²) in [4.78, 5) is 24.6. The van der Waals surface area contributed by atoms with E-state index in [4.69, 9.17) is 14.2 Å². The first-order valence-corrected chi connectivity index (χ1v) is 8.55. The van der Waals surface area contributed by atoms with Crippen LogP contribution in [0, 0.1) is 0 Å². The topological polar surface area (TPSA) is 61.8 Å². The number of ketones is 1. The molecule has 1 aliphatic rings. The molecule has 0 atom stereocenters. The van der Waals surface area contributed by atoms with E-state index in [1.165, 1.54) is 0 Å². The average Bonchev–Trinajstić information content (AvgIpc) is 2.64. The van der Waals surface area contributed by atoms with Crippen LogP contribution in [0.15, 0.2) is 42.5 Å². The van der Waals surface area contributed by atoms with Crippen molar-refractivity contribution in [2.75, 3.05) is 19.8 Å². The molecule has 3 rings (SSSR count). The Morgan fingerprint density at radius 1 is 0.962 bits per heavy atom. The fraction of sp³-hybridized carbons (Fsp3) is 0.333. The van der Waals surface area contributed by atoms with Crippen molar-refractivity contribution in [2.45, 2.75) is 26.2 Å². The lowest BCUT2D eigenvalue weighted by Gasteiger charge is -2.19. The van der Waals surface area contributed by atoms with E-state index >= 15 is 0 Å². The molecular weight excluding hydrogens is 332 g/mol. The number of hydrogen-bond acceptors (Lipinski definition) is 5. The zero-order valence-electron chi connectivity index (χ0n) is 15.2. The number of carbonyl (C=O) groups is 2. The first kappa shape index (κ1) is 18.0. The van der Waals surface area contributed by atoms with Gasteiger partial charge >= 0.3 is 5.97 Å². The Balaban J connectivity index is 1.65. The van der Waals surface area contributed by atoms with Crippen LogP contribution in [-0.2, 0) is 10.2 Å². The summed E-state index contributed by atoms with van der Waals surface area (Å²) in [5, 5.41) is 0. The molecule has 0 unspecified atom stereocenters. The van der Waals surface area contributed by atoms with Crippen molar-refractivity contribution in [1.29, 1.82) is 0 Å². The summed E-state index contributed by atoms with van der Waals surface area (Å²) in [5.41, 5.74) is 1.86. The maximum atomic E-state index is 12.4. The number of rotatable bonds is 4. The van der Waals surface area contributed by atoms with Gasteiger partial charge in [0.15, 0.2) is 23.9 Å². The van der Waals surface area contributed by atoms with E-state index in [2.05, 4.69) is 20.8 Å². The van der Waals surface area contributed by atoms with Crippen molar-refractivity contribution in [1.82, 2.24) is 0 Å². The second kappa shape index (κ2) is 7.20. The second-order valence-electron chi connectivity index (χ2n) is 7.19. The van der Waals surface area contributed by atoms with Crippen LogP contribution in [0.3, 0.4) is 0 Å². The molecule has 2 aromatic carbocycles. The zero-order chi connectivity index (χ0) is 18.7. The Labute approximate surface area is 152 Å². The molecule has 0 N–H and O–H groups in total. The smallest absolute Gasteiger partial charge is 0.338 e. The highest BCUT2D eigenvalue weighted by Crippen LogP contribution is 2.31. The maximum absolute atomic E-state index is 12.4. The van der Waals surface area contributed by atoms with Crippen molar-refractivity contribution < 1.29 is 23.8 Å². The van der Waals surface area contributed by atoms with Crippen molar-refractivity contribution in [2.24, 2.45) is 0 Å². The van der Waals surface area contributed by atoms with E-state index in [1.807, 2.05) is 18.2 Å². The number of fused-ring (bicyclic) bond motifs is 1. The summed E-state index contributed by atoms with van der Waals surface area (Å²) >= 11 is 0. The SMILES string of the molecule is CC(C)(C)c1cccc(C(=O)COC(=O)c2ccc3c(c2)OCCO3)c1. The Kier molecular flexibility index (Phi) is 4.98. The Bertz CT molecular complexity index is 833. The van der Waals surface area contributed by atoms with Gasteiger partial charge in [0.1, 0.15) is 13.2 Å². The lowest BCUT2D eigenvalue weighted by atomic mass is 9.86. The molecule has 5 nitrogen and oxygen atoms in total. The van der Waals surface area contributed by atoms with Gasteiger partial charge in [-0.2, -0.15) is 0 Å². The molecule has 1 heterocycles. The minimum Gasteiger partial charge on any atom is -0.486 e. The van der Waals surface area contributed by atoms with Crippen molar-refractivity contribution in [3.8, 4) is 11.5 Å². The summed E-state index contributed by atoms with van der Waals surface area (Å²) < 4.78 is 16.1. The van der Waals surface area contributed by atoms with Gasteiger partial charge in [0, 0.05) is 5.56 Å². The molecule has 136 valence electrons. The van der Waals surface area contributed by atoms with Crippen molar-refractivity contribution in [3.05, 3.63) is 59.2 Å². The zero-order valence-corrected chi connectivity index (χ0v) is 15.2. The van der Waals surface area contributed by atoms with Crippen LogP contribution in [0.5, 0.6) is 11.5 Å². The van der Waals surface area contributed by atoms with Crippen LogP contribution >= 0.6 is 0 Å². The molecule has 0 fully saturated rings. The summed E-state index contributed by atoms with van der Waals surface area (Å²) in [6.07, 6.45) is 0. The molecular formula is C21H22O5. The minimum absolute atomic E-state index is 0.0574. The maximum Gasteiger partial charge on any atom is 0.338 e. The van der Waals surface area contributed by atoms with Gasteiger partial charge < -0.3 is 14.2 Å². The number of benzene rings is 2. The first-order chi connectivity index (χ1) is 12.3. The molecule has 1 aliphatic heterocycles. The summed E-state index contributed by atoms with van der Waals surface area (Å²) in [6.45, 7) is 6.86. The predicted molar refractivity (Wildman–Crippen MR) is 97.2 cm³/mol. The highest BCUT2D eigenvalue weighted by atomic mass is 16.6. The summed E-state index contributed by atoms with van der Waals surface area (Å²) in [6, 6.07) is 12.2. The van der Waals surface area contributed by atoms with E-state index in [0.29, 0.717) is 35.8 Å². The van der Waals surface area contributed by atoms with E-state index in [0.717, 1.165) is 5.56 Å². The van der Waals surface area contributed by atoms with Crippen LogP contribution in [0.2, 0.25) is 0 Å². The van der Waals surface area contributed by atoms with E-state index < -0.39 is 5.97 Å². The highest BCUT2D eigenvalue weighted by Gasteiger charge is 2.18. The normalized spacial score (nSPS) is 13.2.